The van der Waals surface area contributed by atoms with Gasteiger partial charge in [-0.2, -0.15) is 0 Å². The fraction of sp³-hybridized carbons (Fsp3) is 0.571. The van der Waals surface area contributed by atoms with E-state index in [4.69, 9.17) is 4.74 Å². The van der Waals surface area contributed by atoms with Crippen molar-refractivity contribution >= 4 is 0 Å². The Morgan fingerprint density at radius 1 is 1.31 bits per heavy atom. The highest BCUT2D eigenvalue weighted by atomic mass is 16.5. The minimum absolute atomic E-state index is 0.311. The number of ether oxygens (including phenoxy) is 1. The Kier molecular flexibility index (Phi) is 5.50. The van der Waals surface area contributed by atoms with Crippen LogP contribution in [0, 0.1) is 13.8 Å². The summed E-state index contributed by atoms with van der Waals surface area (Å²) >= 11 is 0. The van der Waals surface area contributed by atoms with E-state index in [1.165, 1.54) is 16.7 Å². The van der Waals surface area contributed by atoms with Gasteiger partial charge in [0.2, 0.25) is 0 Å². The molecule has 0 aliphatic heterocycles. The van der Waals surface area contributed by atoms with E-state index >= 15 is 0 Å². The smallest absolute Gasteiger partial charge is 0.0657 e. The summed E-state index contributed by atoms with van der Waals surface area (Å²) in [5, 5.41) is 3.52. The fourth-order valence-corrected chi connectivity index (χ4v) is 1.96. The molecule has 2 nitrogen and oxygen atoms in total. The minimum atomic E-state index is 0.311. The third kappa shape index (κ3) is 3.62. The maximum absolute atomic E-state index is 5.28. The van der Waals surface area contributed by atoms with Crippen molar-refractivity contribution < 1.29 is 4.74 Å². The number of hydrogen-bond donors (Lipinski definition) is 1. The molecule has 0 bridgehead atoms. The summed E-state index contributed by atoms with van der Waals surface area (Å²) in [5.41, 5.74) is 4.00. The molecular weight excluding hydrogens is 198 g/mol. The van der Waals surface area contributed by atoms with Crippen LogP contribution in [0.25, 0.3) is 0 Å². The largest absolute Gasteiger partial charge is 0.383 e. The van der Waals surface area contributed by atoms with Gasteiger partial charge in [0.25, 0.3) is 0 Å². The molecule has 0 heterocycles. The molecule has 1 unspecified atom stereocenters. The van der Waals surface area contributed by atoms with Gasteiger partial charge in [-0.05, 0) is 37.9 Å². The number of hydrogen-bond acceptors (Lipinski definition) is 2. The first kappa shape index (κ1) is 13.2. The van der Waals surface area contributed by atoms with Crippen LogP contribution in [0.4, 0.5) is 0 Å². The Morgan fingerprint density at radius 3 is 2.62 bits per heavy atom. The van der Waals surface area contributed by atoms with Crippen LogP contribution >= 0.6 is 0 Å². The highest BCUT2D eigenvalue weighted by Crippen LogP contribution is 2.19. The van der Waals surface area contributed by atoms with E-state index in [0.29, 0.717) is 6.04 Å². The summed E-state index contributed by atoms with van der Waals surface area (Å²) in [5.74, 6) is 0. The van der Waals surface area contributed by atoms with Crippen LogP contribution in [-0.4, -0.2) is 20.3 Å². The van der Waals surface area contributed by atoms with Crippen LogP contribution in [0.3, 0.4) is 0 Å². The molecule has 0 aliphatic rings. The highest BCUT2D eigenvalue weighted by molar-refractivity contribution is 5.32. The van der Waals surface area contributed by atoms with Crippen LogP contribution in [0.15, 0.2) is 18.2 Å². The van der Waals surface area contributed by atoms with E-state index in [2.05, 4.69) is 44.3 Å². The average molecular weight is 221 g/mol. The lowest BCUT2D eigenvalue weighted by molar-refractivity contribution is 0.167. The van der Waals surface area contributed by atoms with Crippen molar-refractivity contribution in [3.05, 3.63) is 34.9 Å². The van der Waals surface area contributed by atoms with Crippen LogP contribution < -0.4 is 5.32 Å². The predicted molar refractivity (Wildman–Crippen MR) is 68.8 cm³/mol. The topological polar surface area (TPSA) is 21.3 Å². The van der Waals surface area contributed by atoms with Crippen LogP contribution in [0.2, 0.25) is 0 Å². The third-order valence-corrected chi connectivity index (χ3v) is 2.77. The number of benzene rings is 1. The summed E-state index contributed by atoms with van der Waals surface area (Å²) in [6.45, 7) is 8.23. The summed E-state index contributed by atoms with van der Waals surface area (Å²) in [7, 11) is 1.75. The molecule has 1 N–H and O–H groups in total. The molecule has 0 fully saturated rings. The van der Waals surface area contributed by atoms with Crippen molar-refractivity contribution in [1.29, 1.82) is 0 Å². The van der Waals surface area contributed by atoms with E-state index in [-0.39, 0.29) is 0 Å². The second-order valence-corrected chi connectivity index (χ2v) is 4.32. The molecule has 0 radical (unpaired) electrons. The Labute approximate surface area is 99.0 Å². The Bertz CT molecular complexity index is 323. The van der Waals surface area contributed by atoms with E-state index in [9.17, 15) is 0 Å². The summed E-state index contributed by atoms with van der Waals surface area (Å²) < 4.78 is 5.28. The highest BCUT2D eigenvalue weighted by Gasteiger charge is 2.12. The lowest BCUT2D eigenvalue weighted by atomic mass is 9.99. The molecule has 1 aromatic carbocycles. The monoisotopic (exact) mass is 221 g/mol. The zero-order valence-electron chi connectivity index (χ0n) is 10.8. The molecule has 90 valence electrons. The van der Waals surface area contributed by atoms with Crippen molar-refractivity contribution in [2.75, 3.05) is 20.3 Å². The van der Waals surface area contributed by atoms with Crippen LogP contribution in [0.5, 0.6) is 0 Å². The van der Waals surface area contributed by atoms with Gasteiger partial charge < -0.3 is 10.1 Å². The molecule has 0 saturated heterocycles. The van der Waals surface area contributed by atoms with Gasteiger partial charge in [-0.1, -0.05) is 30.7 Å². The van der Waals surface area contributed by atoms with Crippen LogP contribution in [0.1, 0.15) is 36.1 Å². The maximum atomic E-state index is 5.28. The lowest BCUT2D eigenvalue weighted by Gasteiger charge is -2.20. The SMILES string of the molecule is CCCNC(COC)c1ccc(C)cc1C. The molecule has 0 saturated carbocycles. The predicted octanol–water partition coefficient (Wildman–Crippen LogP) is 2.99. The normalized spacial score (nSPS) is 12.8. The Hall–Kier alpha value is -0.860. The van der Waals surface area contributed by atoms with Gasteiger partial charge in [0.15, 0.2) is 0 Å². The molecule has 2 heteroatoms. The molecule has 0 amide bonds. The molecule has 1 rings (SSSR count). The van der Waals surface area contributed by atoms with Crippen molar-refractivity contribution in [3.63, 3.8) is 0 Å². The lowest BCUT2D eigenvalue weighted by Crippen LogP contribution is -2.26. The van der Waals surface area contributed by atoms with Gasteiger partial charge in [-0.15, -0.1) is 0 Å². The summed E-state index contributed by atoms with van der Waals surface area (Å²) in [6.07, 6.45) is 1.14. The van der Waals surface area contributed by atoms with Gasteiger partial charge in [-0.25, -0.2) is 0 Å². The second kappa shape index (κ2) is 6.66. The summed E-state index contributed by atoms with van der Waals surface area (Å²) in [6, 6.07) is 6.91. The number of rotatable bonds is 6. The zero-order chi connectivity index (χ0) is 12.0. The molecule has 1 atom stereocenters. The van der Waals surface area contributed by atoms with Crippen molar-refractivity contribution in [2.24, 2.45) is 0 Å². The Morgan fingerprint density at radius 2 is 2.06 bits per heavy atom. The molecule has 1 aromatic rings. The average Bonchev–Trinajstić information content (AvgIpc) is 2.25. The minimum Gasteiger partial charge on any atom is -0.383 e. The van der Waals surface area contributed by atoms with Crippen molar-refractivity contribution in [1.82, 2.24) is 5.32 Å². The van der Waals surface area contributed by atoms with Gasteiger partial charge in [0.05, 0.1) is 12.6 Å². The van der Waals surface area contributed by atoms with Crippen molar-refractivity contribution in [2.45, 2.75) is 33.2 Å². The van der Waals surface area contributed by atoms with E-state index in [1.807, 2.05) is 0 Å². The van der Waals surface area contributed by atoms with Gasteiger partial charge >= 0.3 is 0 Å². The second-order valence-electron chi connectivity index (χ2n) is 4.32. The molecule has 16 heavy (non-hydrogen) atoms. The van der Waals surface area contributed by atoms with Crippen LogP contribution in [-0.2, 0) is 4.74 Å². The number of nitrogens with one attached hydrogen (secondary N) is 1. The first-order chi connectivity index (χ1) is 7.69. The quantitative estimate of drug-likeness (QED) is 0.797. The first-order valence-corrected chi connectivity index (χ1v) is 5.98. The maximum Gasteiger partial charge on any atom is 0.0657 e. The van der Waals surface area contributed by atoms with Gasteiger partial charge in [-0.3, -0.25) is 0 Å². The molecule has 0 spiro atoms. The molecular formula is C14H23NO. The molecule has 0 aromatic heterocycles. The molecule has 0 aliphatic carbocycles. The summed E-state index contributed by atoms with van der Waals surface area (Å²) in [4.78, 5) is 0. The van der Waals surface area contributed by atoms with E-state index in [0.717, 1.165) is 19.6 Å². The number of methoxy groups -OCH3 is 1. The zero-order valence-corrected chi connectivity index (χ0v) is 10.8. The van der Waals surface area contributed by atoms with Gasteiger partial charge in [0.1, 0.15) is 0 Å². The standard InChI is InChI=1S/C14H23NO/c1-5-8-15-14(10-16-4)13-7-6-11(2)9-12(13)3/h6-7,9,14-15H,5,8,10H2,1-4H3. The van der Waals surface area contributed by atoms with Crippen molar-refractivity contribution in [3.8, 4) is 0 Å². The first-order valence-electron chi connectivity index (χ1n) is 5.98. The fourth-order valence-electron chi connectivity index (χ4n) is 1.96. The van der Waals surface area contributed by atoms with E-state index < -0.39 is 0 Å². The van der Waals surface area contributed by atoms with E-state index in [1.54, 1.807) is 7.11 Å². The Balaban J connectivity index is 2.82. The van der Waals surface area contributed by atoms with Gasteiger partial charge in [0, 0.05) is 7.11 Å². The third-order valence-electron chi connectivity index (χ3n) is 2.77. The number of aryl methyl sites for hydroxylation is 2.